The third-order valence-electron chi connectivity index (χ3n) is 3.49. The van der Waals surface area contributed by atoms with Crippen molar-refractivity contribution < 1.29 is 19.0 Å². The van der Waals surface area contributed by atoms with E-state index < -0.39 is 0 Å². The molecule has 2 aromatic carbocycles. The Morgan fingerprint density at radius 3 is 2.58 bits per heavy atom. The van der Waals surface area contributed by atoms with E-state index in [0.29, 0.717) is 36.6 Å². The molecule has 0 aliphatic rings. The number of carbonyl (C=O) groups is 1. The number of methoxy groups -OCH3 is 2. The van der Waals surface area contributed by atoms with E-state index in [-0.39, 0.29) is 5.91 Å². The molecule has 5 nitrogen and oxygen atoms in total. The predicted molar refractivity (Wildman–Crippen MR) is 94.1 cm³/mol. The van der Waals surface area contributed by atoms with E-state index in [0.717, 1.165) is 11.3 Å². The lowest BCUT2D eigenvalue weighted by Gasteiger charge is -2.12. The number of hydrogen-bond donors (Lipinski definition) is 1. The molecule has 0 saturated carbocycles. The molecule has 0 radical (unpaired) electrons. The van der Waals surface area contributed by atoms with Crippen LogP contribution in [0.1, 0.15) is 18.4 Å². The summed E-state index contributed by atoms with van der Waals surface area (Å²) in [5.41, 5.74) is 1.75. The molecule has 0 aromatic heterocycles. The van der Waals surface area contributed by atoms with Crippen molar-refractivity contribution in [3.63, 3.8) is 0 Å². The van der Waals surface area contributed by atoms with Gasteiger partial charge in [-0.3, -0.25) is 4.79 Å². The van der Waals surface area contributed by atoms with Crippen LogP contribution in [0.4, 0.5) is 5.69 Å². The number of amides is 1. The molecule has 0 heterocycles. The highest BCUT2D eigenvalue weighted by Gasteiger charge is 2.09. The lowest BCUT2D eigenvalue weighted by atomic mass is 10.2. The minimum Gasteiger partial charge on any atom is -0.497 e. The molecule has 0 spiro atoms. The maximum atomic E-state index is 12.1. The van der Waals surface area contributed by atoms with Crippen molar-refractivity contribution in [1.82, 2.24) is 0 Å². The first-order chi connectivity index (χ1) is 11.6. The average molecular weight is 329 g/mol. The fourth-order valence-corrected chi connectivity index (χ4v) is 2.25. The summed E-state index contributed by atoms with van der Waals surface area (Å²) in [7, 11) is 3.14. The fraction of sp³-hybridized carbons (Fsp3) is 0.316. The van der Waals surface area contributed by atoms with Gasteiger partial charge in [0.15, 0.2) is 0 Å². The van der Waals surface area contributed by atoms with E-state index in [1.165, 1.54) is 0 Å². The van der Waals surface area contributed by atoms with Gasteiger partial charge in [-0.1, -0.05) is 12.1 Å². The van der Waals surface area contributed by atoms with Crippen molar-refractivity contribution in [2.75, 3.05) is 26.1 Å². The van der Waals surface area contributed by atoms with E-state index in [2.05, 4.69) is 5.32 Å². The molecule has 0 bridgehead atoms. The van der Waals surface area contributed by atoms with Crippen molar-refractivity contribution in [2.24, 2.45) is 0 Å². The quantitative estimate of drug-likeness (QED) is 0.748. The van der Waals surface area contributed by atoms with Crippen molar-refractivity contribution in [2.45, 2.75) is 19.8 Å². The smallest absolute Gasteiger partial charge is 0.224 e. The van der Waals surface area contributed by atoms with Crippen LogP contribution in [0.2, 0.25) is 0 Å². The predicted octanol–water partition coefficient (Wildman–Crippen LogP) is 3.81. The summed E-state index contributed by atoms with van der Waals surface area (Å²) in [4.78, 5) is 12.1. The summed E-state index contributed by atoms with van der Waals surface area (Å²) < 4.78 is 16.1. The van der Waals surface area contributed by atoms with Gasteiger partial charge in [-0.2, -0.15) is 0 Å². The number of nitrogens with one attached hydrogen (secondary N) is 1. The Kier molecular flexibility index (Phi) is 6.49. The Labute approximate surface area is 142 Å². The van der Waals surface area contributed by atoms with E-state index in [1.807, 2.05) is 31.2 Å². The monoisotopic (exact) mass is 329 g/mol. The van der Waals surface area contributed by atoms with Gasteiger partial charge in [-0.15, -0.1) is 0 Å². The molecule has 1 amide bonds. The van der Waals surface area contributed by atoms with Gasteiger partial charge in [0.2, 0.25) is 5.91 Å². The molecule has 0 aliphatic heterocycles. The molecule has 128 valence electrons. The van der Waals surface area contributed by atoms with Crippen LogP contribution >= 0.6 is 0 Å². The van der Waals surface area contributed by atoms with Crippen molar-refractivity contribution in [3.8, 4) is 17.2 Å². The minimum atomic E-state index is -0.0885. The maximum absolute atomic E-state index is 12.1. The Morgan fingerprint density at radius 2 is 1.88 bits per heavy atom. The molecule has 2 rings (SSSR count). The zero-order valence-electron chi connectivity index (χ0n) is 14.3. The highest BCUT2D eigenvalue weighted by Crippen LogP contribution is 2.29. The summed E-state index contributed by atoms with van der Waals surface area (Å²) in [5.74, 6) is 1.99. The van der Waals surface area contributed by atoms with Gasteiger partial charge in [0.1, 0.15) is 17.2 Å². The first-order valence-corrected chi connectivity index (χ1v) is 7.83. The lowest BCUT2D eigenvalue weighted by molar-refractivity contribution is -0.116. The summed E-state index contributed by atoms with van der Waals surface area (Å²) in [6, 6.07) is 13.1. The number of hydrogen-bond acceptors (Lipinski definition) is 4. The lowest BCUT2D eigenvalue weighted by Crippen LogP contribution is -2.13. The van der Waals surface area contributed by atoms with E-state index in [1.54, 1.807) is 32.4 Å². The second-order valence-corrected chi connectivity index (χ2v) is 5.38. The van der Waals surface area contributed by atoms with Crippen LogP contribution in [-0.2, 0) is 4.79 Å². The first kappa shape index (κ1) is 17.7. The highest BCUT2D eigenvalue weighted by atomic mass is 16.5. The Bertz CT molecular complexity index is 685. The van der Waals surface area contributed by atoms with Crippen molar-refractivity contribution in [1.29, 1.82) is 0 Å². The van der Waals surface area contributed by atoms with Gasteiger partial charge in [-0.25, -0.2) is 0 Å². The Hall–Kier alpha value is -2.69. The molecule has 0 fully saturated rings. The molecule has 0 atom stereocenters. The van der Waals surface area contributed by atoms with Crippen LogP contribution in [0.5, 0.6) is 17.2 Å². The van der Waals surface area contributed by atoms with Crippen LogP contribution in [-0.4, -0.2) is 26.7 Å². The van der Waals surface area contributed by atoms with Crippen molar-refractivity contribution in [3.05, 3.63) is 48.0 Å². The standard InChI is InChI=1S/C19H23NO4/c1-14-6-4-7-16(12-14)24-11-5-8-19(21)20-17-13-15(22-2)9-10-18(17)23-3/h4,6-7,9-10,12-13H,5,8,11H2,1-3H3,(H,20,21). The highest BCUT2D eigenvalue weighted by molar-refractivity contribution is 5.92. The van der Waals surface area contributed by atoms with Gasteiger partial charge < -0.3 is 19.5 Å². The SMILES string of the molecule is COc1ccc(OC)c(NC(=O)CCCOc2cccc(C)c2)c1. The van der Waals surface area contributed by atoms with Crippen LogP contribution in [0.25, 0.3) is 0 Å². The van der Waals surface area contributed by atoms with Gasteiger partial charge in [0.05, 0.1) is 26.5 Å². The maximum Gasteiger partial charge on any atom is 0.224 e. The number of benzene rings is 2. The minimum absolute atomic E-state index is 0.0885. The molecule has 0 aliphatic carbocycles. The second kappa shape index (κ2) is 8.82. The second-order valence-electron chi connectivity index (χ2n) is 5.38. The normalized spacial score (nSPS) is 10.1. The Morgan fingerprint density at radius 1 is 1.04 bits per heavy atom. The summed E-state index contributed by atoms with van der Waals surface area (Å²) in [5, 5.41) is 2.84. The van der Waals surface area contributed by atoms with Crippen LogP contribution in [0.15, 0.2) is 42.5 Å². The number of carbonyl (C=O) groups excluding carboxylic acids is 1. The molecule has 5 heteroatoms. The average Bonchev–Trinajstić information content (AvgIpc) is 2.58. The number of rotatable bonds is 8. The molecule has 0 unspecified atom stereocenters. The molecular weight excluding hydrogens is 306 g/mol. The topological polar surface area (TPSA) is 56.8 Å². The number of ether oxygens (including phenoxy) is 3. The van der Waals surface area contributed by atoms with Gasteiger partial charge in [0.25, 0.3) is 0 Å². The zero-order valence-corrected chi connectivity index (χ0v) is 14.3. The summed E-state index contributed by atoms with van der Waals surface area (Å²) >= 11 is 0. The summed E-state index contributed by atoms with van der Waals surface area (Å²) in [6.07, 6.45) is 0.998. The van der Waals surface area contributed by atoms with Crippen LogP contribution in [0.3, 0.4) is 0 Å². The molecule has 2 aromatic rings. The molecular formula is C19H23NO4. The number of aryl methyl sites for hydroxylation is 1. The molecule has 24 heavy (non-hydrogen) atoms. The molecule has 1 N–H and O–H groups in total. The van der Waals surface area contributed by atoms with E-state index >= 15 is 0 Å². The fourth-order valence-electron chi connectivity index (χ4n) is 2.25. The molecule has 0 saturated heterocycles. The largest absolute Gasteiger partial charge is 0.497 e. The van der Waals surface area contributed by atoms with E-state index in [4.69, 9.17) is 14.2 Å². The Balaban J connectivity index is 1.81. The third-order valence-corrected chi connectivity index (χ3v) is 3.49. The van der Waals surface area contributed by atoms with Crippen molar-refractivity contribution >= 4 is 11.6 Å². The van der Waals surface area contributed by atoms with Crippen LogP contribution < -0.4 is 19.5 Å². The van der Waals surface area contributed by atoms with E-state index in [9.17, 15) is 4.79 Å². The van der Waals surface area contributed by atoms with Gasteiger partial charge in [0, 0.05) is 12.5 Å². The third kappa shape index (κ3) is 5.19. The zero-order chi connectivity index (χ0) is 17.4. The first-order valence-electron chi connectivity index (χ1n) is 7.83. The number of anilines is 1. The van der Waals surface area contributed by atoms with Gasteiger partial charge in [-0.05, 0) is 43.2 Å². The van der Waals surface area contributed by atoms with Gasteiger partial charge >= 0.3 is 0 Å². The summed E-state index contributed by atoms with van der Waals surface area (Å²) in [6.45, 7) is 2.51. The van der Waals surface area contributed by atoms with Crippen LogP contribution in [0, 0.1) is 6.92 Å².